The molecule has 0 aliphatic rings. The summed E-state index contributed by atoms with van der Waals surface area (Å²) in [6, 6.07) is 15.5. The van der Waals surface area contributed by atoms with Crippen LogP contribution in [0.3, 0.4) is 0 Å². The molecule has 0 bridgehead atoms. The highest BCUT2D eigenvalue weighted by Crippen LogP contribution is 2.22. The van der Waals surface area contributed by atoms with E-state index < -0.39 is 0 Å². The lowest BCUT2D eigenvalue weighted by atomic mass is 10.1. The summed E-state index contributed by atoms with van der Waals surface area (Å²) in [5.74, 6) is 2.21. The third-order valence-corrected chi connectivity index (χ3v) is 4.22. The first-order valence-electron chi connectivity index (χ1n) is 8.37. The molecule has 0 saturated heterocycles. The summed E-state index contributed by atoms with van der Waals surface area (Å²) < 4.78 is 5.38. The summed E-state index contributed by atoms with van der Waals surface area (Å²) in [5.41, 5.74) is 3.13. The normalized spacial score (nSPS) is 10.4. The van der Waals surface area contributed by atoms with Gasteiger partial charge in [-0.15, -0.1) is 0 Å². The van der Waals surface area contributed by atoms with E-state index in [1.165, 1.54) is 0 Å². The van der Waals surface area contributed by atoms with Gasteiger partial charge in [0.15, 0.2) is 0 Å². The van der Waals surface area contributed by atoms with Gasteiger partial charge in [0.2, 0.25) is 5.95 Å². The van der Waals surface area contributed by atoms with Crippen LogP contribution in [0.5, 0.6) is 5.75 Å². The van der Waals surface area contributed by atoms with Crippen molar-refractivity contribution in [2.45, 2.75) is 13.3 Å². The highest BCUT2D eigenvalue weighted by atomic mass is 35.5. The molecule has 0 unspecified atom stereocenters. The lowest BCUT2D eigenvalue weighted by Crippen LogP contribution is -2.08. The molecular weight excluding hydrogens is 348 g/mol. The molecule has 3 aromatic rings. The topological polar surface area (TPSA) is 59.1 Å². The van der Waals surface area contributed by atoms with Crippen molar-refractivity contribution in [3.63, 3.8) is 0 Å². The van der Waals surface area contributed by atoms with Crippen LogP contribution in [0.1, 0.15) is 11.1 Å². The quantitative estimate of drug-likeness (QED) is 0.624. The van der Waals surface area contributed by atoms with Crippen molar-refractivity contribution in [3.8, 4) is 5.75 Å². The number of nitrogens with one attached hydrogen (secondary N) is 2. The number of rotatable bonds is 7. The lowest BCUT2D eigenvalue weighted by Gasteiger charge is -2.11. The van der Waals surface area contributed by atoms with Crippen molar-refractivity contribution < 1.29 is 4.74 Å². The molecule has 1 heterocycles. The third kappa shape index (κ3) is 4.64. The fourth-order valence-electron chi connectivity index (χ4n) is 2.64. The molecule has 0 atom stereocenters. The second-order valence-electron chi connectivity index (χ2n) is 5.84. The smallest absolute Gasteiger partial charge is 0.229 e. The van der Waals surface area contributed by atoms with Crippen molar-refractivity contribution >= 4 is 29.1 Å². The lowest BCUT2D eigenvalue weighted by molar-refractivity contribution is 0.410. The van der Waals surface area contributed by atoms with Crippen LogP contribution in [0.2, 0.25) is 5.02 Å². The summed E-state index contributed by atoms with van der Waals surface area (Å²) in [6.45, 7) is 2.74. The van der Waals surface area contributed by atoms with E-state index in [1.54, 1.807) is 13.3 Å². The molecule has 134 valence electrons. The highest BCUT2D eigenvalue weighted by molar-refractivity contribution is 6.30. The highest BCUT2D eigenvalue weighted by Gasteiger charge is 2.05. The van der Waals surface area contributed by atoms with Crippen LogP contribution in [0.15, 0.2) is 54.7 Å². The second kappa shape index (κ2) is 8.54. The molecule has 0 fully saturated rings. The third-order valence-electron chi connectivity index (χ3n) is 3.98. The maximum Gasteiger partial charge on any atom is 0.229 e. The summed E-state index contributed by atoms with van der Waals surface area (Å²) >= 11 is 6.00. The summed E-state index contributed by atoms with van der Waals surface area (Å²) in [5, 5.41) is 7.26. The summed E-state index contributed by atoms with van der Waals surface area (Å²) in [4.78, 5) is 8.78. The van der Waals surface area contributed by atoms with Crippen LogP contribution < -0.4 is 15.4 Å². The number of para-hydroxylation sites is 1. The van der Waals surface area contributed by atoms with E-state index in [0.717, 1.165) is 41.3 Å². The fourth-order valence-corrected chi connectivity index (χ4v) is 2.87. The predicted octanol–water partition coefficient (Wildman–Crippen LogP) is 4.85. The Kier molecular flexibility index (Phi) is 5.92. The van der Waals surface area contributed by atoms with Crippen LogP contribution in [0.4, 0.5) is 17.5 Å². The van der Waals surface area contributed by atoms with Gasteiger partial charge in [-0.25, -0.2) is 4.98 Å². The fraction of sp³-hybridized carbons (Fsp3) is 0.200. The number of anilines is 3. The maximum absolute atomic E-state index is 6.00. The van der Waals surface area contributed by atoms with Crippen molar-refractivity contribution in [3.05, 3.63) is 70.9 Å². The number of halogens is 1. The Balaban J connectivity index is 1.62. The first-order valence-corrected chi connectivity index (χ1v) is 8.75. The van der Waals surface area contributed by atoms with Crippen molar-refractivity contribution in [1.82, 2.24) is 9.97 Å². The van der Waals surface area contributed by atoms with Gasteiger partial charge >= 0.3 is 0 Å². The van der Waals surface area contributed by atoms with E-state index in [0.29, 0.717) is 11.0 Å². The first-order chi connectivity index (χ1) is 12.7. The zero-order chi connectivity index (χ0) is 18.4. The van der Waals surface area contributed by atoms with Crippen LogP contribution in [0.25, 0.3) is 0 Å². The van der Waals surface area contributed by atoms with Crippen molar-refractivity contribution in [2.24, 2.45) is 0 Å². The number of ether oxygens (including phenoxy) is 1. The van der Waals surface area contributed by atoms with E-state index in [2.05, 4.69) is 26.7 Å². The van der Waals surface area contributed by atoms with Crippen LogP contribution in [-0.4, -0.2) is 23.6 Å². The SMILES string of the molecule is COc1ccccc1CCNc1ccnc(Nc2ccc(Cl)cc2C)n1. The van der Waals surface area contributed by atoms with Gasteiger partial charge in [0.05, 0.1) is 7.11 Å². The van der Waals surface area contributed by atoms with Gasteiger partial charge in [-0.3, -0.25) is 0 Å². The summed E-state index contributed by atoms with van der Waals surface area (Å²) in [6.07, 6.45) is 2.57. The van der Waals surface area contributed by atoms with Gasteiger partial charge in [0, 0.05) is 23.5 Å². The average molecular weight is 369 g/mol. The monoisotopic (exact) mass is 368 g/mol. The van der Waals surface area contributed by atoms with E-state index in [1.807, 2.05) is 49.4 Å². The Bertz CT molecular complexity index is 885. The predicted molar refractivity (Wildman–Crippen MR) is 107 cm³/mol. The molecule has 0 aliphatic carbocycles. The number of hydrogen-bond acceptors (Lipinski definition) is 5. The van der Waals surface area contributed by atoms with Crippen LogP contribution in [0, 0.1) is 6.92 Å². The molecule has 3 rings (SSSR count). The molecular formula is C20H21ClN4O. The average Bonchev–Trinajstić information content (AvgIpc) is 2.65. The molecule has 1 aromatic heterocycles. The van der Waals surface area contributed by atoms with Gasteiger partial charge < -0.3 is 15.4 Å². The number of methoxy groups -OCH3 is 1. The molecule has 5 nitrogen and oxygen atoms in total. The number of aryl methyl sites for hydroxylation is 1. The van der Waals surface area contributed by atoms with Crippen LogP contribution in [-0.2, 0) is 6.42 Å². The number of benzene rings is 2. The Hall–Kier alpha value is -2.79. The van der Waals surface area contributed by atoms with Crippen molar-refractivity contribution in [1.29, 1.82) is 0 Å². The molecule has 0 spiro atoms. The Morgan fingerprint density at radius 2 is 1.96 bits per heavy atom. The molecule has 0 amide bonds. The summed E-state index contributed by atoms with van der Waals surface area (Å²) in [7, 11) is 1.69. The standard InChI is InChI=1S/C20H21ClN4O/c1-14-13-16(21)7-8-17(14)24-20-23-12-10-19(25-20)22-11-9-15-5-3-4-6-18(15)26-2/h3-8,10,12-13H,9,11H2,1-2H3,(H2,22,23,24,25). The number of nitrogens with zero attached hydrogens (tertiary/aromatic N) is 2. The molecule has 2 aromatic carbocycles. The van der Waals surface area contributed by atoms with Gasteiger partial charge in [-0.2, -0.15) is 4.98 Å². The minimum absolute atomic E-state index is 0.540. The first kappa shape index (κ1) is 18.0. The van der Waals surface area contributed by atoms with Gasteiger partial charge in [0.1, 0.15) is 11.6 Å². The van der Waals surface area contributed by atoms with Gasteiger partial charge in [0.25, 0.3) is 0 Å². The Morgan fingerprint density at radius 1 is 1.12 bits per heavy atom. The van der Waals surface area contributed by atoms with Crippen molar-refractivity contribution in [2.75, 3.05) is 24.3 Å². The minimum atomic E-state index is 0.540. The molecule has 0 aliphatic heterocycles. The number of aromatic nitrogens is 2. The molecule has 2 N–H and O–H groups in total. The zero-order valence-electron chi connectivity index (χ0n) is 14.8. The molecule has 0 saturated carbocycles. The number of hydrogen-bond donors (Lipinski definition) is 2. The minimum Gasteiger partial charge on any atom is -0.496 e. The molecule has 6 heteroatoms. The van der Waals surface area contributed by atoms with Gasteiger partial charge in [-0.05, 0) is 54.8 Å². The molecule has 26 heavy (non-hydrogen) atoms. The van der Waals surface area contributed by atoms with E-state index in [-0.39, 0.29) is 0 Å². The van der Waals surface area contributed by atoms with E-state index >= 15 is 0 Å². The van der Waals surface area contributed by atoms with E-state index in [9.17, 15) is 0 Å². The second-order valence-corrected chi connectivity index (χ2v) is 6.27. The van der Waals surface area contributed by atoms with Gasteiger partial charge in [-0.1, -0.05) is 29.8 Å². The Morgan fingerprint density at radius 3 is 2.77 bits per heavy atom. The Labute approximate surface area is 158 Å². The zero-order valence-corrected chi connectivity index (χ0v) is 15.5. The maximum atomic E-state index is 6.00. The largest absolute Gasteiger partial charge is 0.496 e. The molecule has 0 radical (unpaired) electrons. The van der Waals surface area contributed by atoms with E-state index in [4.69, 9.17) is 16.3 Å². The van der Waals surface area contributed by atoms with Crippen LogP contribution >= 0.6 is 11.6 Å².